The highest BCUT2D eigenvalue weighted by Crippen LogP contribution is 2.30. The molecule has 0 unspecified atom stereocenters. The first-order valence-electron chi connectivity index (χ1n) is 9.17. The molecule has 9 heteroatoms. The summed E-state index contributed by atoms with van der Waals surface area (Å²) in [5, 5.41) is 0.437. The smallest absolute Gasteiger partial charge is 0.235 e. The van der Waals surface area contributed by atoms with Crippen LogP contribution in [0.4, 0.5) is 0 Å². The van der Waals surface area contributed by atoms with Crippen molar-refractivity contribution in [1.82, 2.24) is 14.5 Å². The Balaban J connectivity index is 1.74. The molecule has 1 aromatic carbocycles. The number of halogens is 1. The maximum Gasteiger partial charge on any atom is 0.235 e. The summed E-state index contributed by atoms with van der Waals surface area (Å²) in [7, 11) is -1.32. The number of rotatable bonds is 6. The lowest BCUT2D eigenvalue weighted by Gasteiger charge is -2.26. The molecule has 0 radical (unpaired) electrons. The van der Waals surface area contributed by atoms with Crippen molar-refractivity contribution in [3.8, 4) is 11.3 Å². The van der Waals surface area contributed by atoms with E-state index in [0.717, 1.165) is 27.4 Å². The quantitative estimate of drug-likeness (QED) is 0.585. The van der Waals surface area contributed by atoms with Crippen molar-refractivity contribution in [2.75, 3.05) is 18.6 Å². The van der Waals surface area contributed by atoms with Crippen molar-refractivity contribution < 1.29 is 13.2 Å². The van der Waals surface area contributed by atoms with Gasteiger partial charge in [-0.15, -0.1) is 0 Å². The fraction of sp³-hybridized carbons (Fsp3) is 0.474. The van der Waals surface area contributed by atoms with Crippen molar-refractivity contribution in [3.05, 3.63) is 34.9 Å². The van der Waals surface area contributed by atoms with Crippen molar-refractivity contribution >= 4 is 43.4 Å². The fourth-order valence-electron chi connectivity index (χ4n) is 3.37. The molecular formula is C19H24BrN3O3S2. The molecule has 0 N–H and O–H groups in total. The van der Waals surface area contributed by atoms with Gasteiger partial charge in [-0.3, -0.25) is 4.79 Å². The van der Waals surface area contributed by atoms with Crippen LogP contribution in [0.1, 0.15) is 20.3 Å². The van der Waals surface area contributed by atoms with Gasteiger partial charge in [0.25, 0.3) is 0 Å². The molecule has 1 aliphatic heterocycles. The van der Waals surface area contributed by atoms with Crippen LogP contribution in [0.2, 0.25) is 0 Å². The standard InChI is InChI=1S/C19H24BrN3O3S2/c1-4-23-17(14-5-7-15(20)8-6-14)11-21-19(23)27-13(2)18(24)22(3)16-9-10-28(25,26)12-16/h5-8,11,13,16H,4,9-10,12H2,1-3H3/t13-,16-/m0/s1. The molecule has 2 heterocycles. The second kappa shape index (κ2) is 8.59. The molecule has 2 atom stereocenters. The van der Waals surface area contributed by atoms with Gasteiger partial charge in [-0.2, -0.15) is 0 Å². The first-order valence-corrected chi connectivity index (χ1v) is 12.7. The highest BCUT2D eigenvalue weighted by molar-refractivity contribution is 9.10. The summed E-state index contributed by atoms with van der Waals surface area (Å²) in [6.07, 6.45) is 2.35. The molecule has 152 valence electrons. The Kier molecular flexibility index (Phi) is 6.56. The van der Waals surface area contributed by atoms with Gasteiger partial charge in [0.1, 0.15) is 0 Å². The van der Waals surface area contributed by atoms with Gasteiger partial charge in [0.15, 0.2) is 15.0 Å². The zero-order valence-electron chi connectivity index (χ0n) is 16.1. The molecule has 3 rings (SSSR count). The summed E-state index contributed by atoms with van der Waals surface area (Å²) in [5.74, 6) is 0.153. The van der Waals surface area contributed by atoms with Crippen LogP contribution < -0.4 is 0 Å². The Morgan fingerprint density at radius 2 is 2.07 bits per heavy atom. The summed E-state index contributed by atoms with van der Waals surface area (Å²) in [5.41, 5.74) is 2.07. The average molecular weight is 486 g/mol. The highest BCUT2D eigenvalue weighted by atomic mass is 79.9. The second-order valence-corrected chi connectivity index (χ2v) is 11.4. The molecule has 0 spiro atoms. The third-order valence-electron chi connectivity index (χ3n) is 5.01. The number of carbonyl (C=O) groups is 1. The average Bonchev–Trinajstić information content (AvgIpc) is 3.23. The first-order chi connectivity index (χ1) is 13.2. The van der Waals surface area contributed by atoms with Gasteiger partial charge >= 0.3 is 0 Å². The minimum Gasteiger partial charge on any atom is -0.341 e. The minimum atomic E-state index is -3.02. The van der Waals surface area contributed by atoms with Crippen molar-refractivity contribution in [3.63, 3.8) is 0 Å². The summed E-state index contributed by atoms with van der Waals surface area (Å²) < 4.78 is 26.5. The van der Waals surface area contributed by atoms with Gasteiger partial charge in [-0.1, -0.05) is 39.8 Å². The fourth-order valence-corrected chi connectivity index (χ4v) is 6.46. The van der Waals surface area contributed by atoms with Crippen molar-refractivity contribution in [2.24, 2.45) is 0 Å². The Morgan fingerprint density at radius 3 is 2.64 bits per heavy atom. The predicted molar refractivity (Wildman–Crippen MR) is 116 cm³/mol. The molecule has 1 fully saturated rings. The lowest BCUT2D eigenvalue weighted by atomic mass is 10.2. The van der Waals surface area contributed by atoms with Gasteiger partial charge in [0.05, 0.1) is 28.6 Å². The highest BCUT2D eigenvalue weighted by Gasteiger charge is 2.34. The Hall–Kier alpha value is -1.32. The number of thioether (sulfide) groups is 1. The molecule has 6 nitrogen and oxygen atoms in total. The summed E-state index contributed by atoms with van der Waals surface area (Å²) in [6, 6.07) is 7.82. The Bertz CT molecular complexity index is 957. The third kappa shape index (κ3) is 4.63. The van der Waals surface area contributed by atoms with E-state index in [1.807, 2.05) is 37.4 Å². The summed E-state index contributed by atoms with van der Waals surface area (Å²) in [6.45, 7) is 4.64. The molecule has 1 amide bonds. The number of sulfone groups is 1. The van der Waals surface area contributed by atoms with Gasteiger partial charge in [-0.05, 0) is 38.0 Å². The van der Waals surface area contributed by atoms with E-state index >= 15 is 0 Å². The predicted octanol–water partition coefficient (Wildman–Crippen LogP) is 3.46. The number of amides is 1. The molecule has 1 aliphatic rings. The van der Waals surface area contributed by atoms with E-state index in [2.05, 4.69) is 32.4 Å². The molecule has 28 heavy (non-hydrogen) atoms. The molecule has 1 aromatic heterocycles. The lowest BCUT2D eigenvalue weighted by Crippen LogP contribution is -2.41. The number of carbonyl (C=O) groups excluding carboxylic acids is 1. The second-order valence-electron chi connectivity index (χ2n) is 6.94. The van der Waals surface area contributed by atoms with E-state index in [4.69, 9.17) is 0 Å². The summed E-state index contributed by atoms with van der Waals surface area (Å²) in [4.78, 5) is 19.0. The minimum absolute atomic E-state index is 0.0595. The molecule has 2 aromatic rings. The van der Waals surface area contributed by atoms with E-state index in [9.17, 15) is 13.2 Å². The van der Waals surface area contributed by atoms with E-state index < -0.39 is 9.84 Å². The van der Waals surface area contributed by atoms with Gasteiger partial charge < -0.3 is 9.47 Å². The molecule has 1 saturated heterocycles. The van der Waals surface area contributed by atoms with Crippen molar-refractivity contribution in [2.45, 2.75) is 43.3 Å². The van der Waals surface area contributed by atoms with Gasteiger partial charge in [0.2, 0.25) is 5.91 Å². The Labute approximate surface area is 178 Å². The third-order valence-corrected chi connectivity index (χ3v) is 8.38. The molecule has 0 saturated carbocycles. The number of imidazole rings is 1. The lowest BCUT2D eigenvalue weighted by molar-refractivity contribution is -0.130. The van der Waals surface area contributed by atoms with Crippen LogP contribution in [0.5, 0.6) is 0 Å². The van der Waals surface area contributed by atoms with Crippen LogP contribution in [-0.2, 0) is 21.2 Å². The molecular weight excluding hydrogens is 462 g/mol. The van der Waals surface area contributed by atoms with E-state index in [-0.39, 0.29) is 28.7 Å². The number of hydrogen-bond donors (Lipinski definition) is 0. The monoisotopic (exact) mass is 485 g/mol. The van der Waals surface area contributed by atoms with Crippen LogP contribution >= 0.6 is 27.7 Å². The van der Waals surface area contributed by atoms with Crippen LogP contribution in [0.15, 0.2) is 40.1 Å². The number of aromatic nitrogens is 2. The topological polar surface area (TPSA) is 72.3 Å². The normalized spacial score (nSPS) is 19.5. The van der Waals surface area contributed by atoms with Crippen LogP contribution in [0.3, 0.4) is 0 Å². The Morgan fingerprint density at radius 1 is 1.39 bits per heavy atom. The first kappa shape index (κ1) is 21.4. The largest absolute Gasteiger partial charge is 0.341 e. The maximum atomic E-state index is 12.8. The zero-order valence-corrected chi connectivity index (χ0v) is 19.3. The van der Waals surface area contributed by atoms with Crippen LogP contribution in [0, 0.1) is 0 Å². The van der Waals surface area contributed by atoms with Crippen LogP contribution in [0.25, 0.3) is 11.3 Å². The van der Waals surface area contributed by atoms with Crippen LogP contribution in [-0.4, -0.2) is 58.6 Å². The van der Waals surface area contributed by atoms with E-state index in [1.165, 1.54) is 11.8 Å². The molecule has 0 bridgehead atoms. The zero-order chi connectivity index (χ0) is 20.5. The SMILES string of the molecule is CCn1c(-c2ccc(Br)cc2)cnc1S[C@@H](C)C(=O)N(C)[C@H]1CCS(=O)(=O)C1. The number of hydrogen-bond acceptors (Lipinski definition) is 5. The maximum absolute atomic E-state index is 12.8. The van der Waals surface area contributed by atoms with Gasteiger partial charge in [0, 0.05) is 24.1 Å². The van der Waals surface area contributed by atoms with E-state index in [1.54, 1.807) is 11.9 Å². The molecule has 0 aliphatic carbocycles. The van der Waals surface area contributed by atoms with E-state index in [0.29, 0.717) is 6.42 Å². The summed E-state index contributed by atoms with van der Waals surface area (Å²) >= 11 is 4.86. The van der Waals surface area contributed by atoms with Crippen molar-refractivity contribution in [1.29, 1.82) is 0 Å². The number of nitrogens with zero attached hydrogens (tertiary/aromatic N) is 3. The number of benzene rings is 1. The van der Waals surface area contributed by atoms with Gasteiger partial charge in [-0.25, -0.2) is 13.4 Å².